The first-order chi connectivity index (χ1) is 12.2. The first-order valence-corrected chi connectivity index (χ1v) is 9.64. The van der Waals surface area contributed by atoms with Gasteiger partial charge in [0.1, 0.15) is 5.82 Å². The number of hydrogen-bond acceptors (Lipinski definition) is 3. The largest absolute Gasteiger partial charge is 0.345 e. The molecule has 2 aromatic rings. The molecule has 1 aromatic heterocycles. The van der Waals surface area contributed by atoms with Crippen LogP contribution < -0.4 is 5.69 Å². The number of aromatic nitrogens is 3. The zero-order valence-corrected chi connectivity index (χ0v) is 15.1. The van der Waals surface area contributed by atoms with Gasteiger partial charge in [-0.05, 0) is 44.3 Å². The Morgan fingerprint density at radius 2 is 1.72 bits per heavy atom. The van der Waals surface area contributed by atoms with Crippen molar-refractivity contribution in [3.05, 3.63) is 52.2 Å². The molecule has 0 amide bonds. The van der Waals surface area contributed by atoms with Crippen LogP contribution in [0.15, 0.2) is 35.1 Å². The van der Waals surface area contributed by atoms with E-state index in [9.17, 15) is 4.79 Å². The topological polar surface area (TPSA) is 43.1 Å². The summed E-state index contributed by atoms with van der Waals surface area (Å²) in [7, 11) is 1.79. The van der Waals surface area contributed by atoms with Crippen molar-refractivity contribution >= 4 is 0 Å². The molecule has 1 aliphatic heterocycles. The summed E-state index contributed by atoms with van der Waals surface area (Å²) in [4.78, 5) is 15.1. The van der Waals surface area contributed by atoms with E-state index in [1.165, 1.54) is 18.4 Å². The Hall–Kier alpha value is -1.88. The lowest BCUT2D eigenvalue weighted by molar-refractivity contribution is 0.198. The zero-order valence-electron chi connectivity index (χ0n) is 15.1. The molecule has 2 aliphatic rings. The summed E-state index contributed by atoms with van der Waals surface area (Å²) in [5.41, 5.74) is 1.45. The van der Waals surface area contributed by atoms with Crippen molar-refractivity contribution < 1.29 is 0 Å². The molecule has 0 spiro atoms. The monoisotopic (exact) mass is 340 g/mol. The molecule has 5 heteroatoms. The van der Waals surface area contributed by atoms with Crippen LogP contribution in [0.5, 0.6) is 0 Å². The maximum absolute atomic E-state index is 12.6. The van der Waals surface area contributed by atoms with Crippen molar-refractivity contribution in [1.29, 1.82) is 0 Å². The second-order valence-electron chi connectivity index (χ2n) is 7.61. The van der Waals surface area contributed by atoms with Crippen LogP contribution >= 0.6 is 0 Å². The van der Waals surface area contributed by atoms with E-state index in [-0.39, 0.29) is 5.69 Å². The number of aryl methyl sites for hydroxylation is 1. The van der Waals surface area contributed by atoms with Gasteiger partial charge in [-0.25, -0.2) is 9.48 Å². The van der Waals surface area contributed by atoms with Crippen molar-refractivity contribution in [3.8, 4) is 0 Å². The van der Waals surface area contributed by atoms with Gasteiger partial charge in [-0.1, -0.05) is 43.2 Å². The Balaban J connectivity index is 1.46. The number of piperidine rings is 1. The van der Waals surface area contributed by atoms with E-state index < -0.39 is 0 Å². The summed E-state index contributed by atoms with van der Waals surface area (Å²) in [6.45, 7) is 3.18. The van der Waals surface area contributed by atoms with Crippen LogP contribution in [0.1, 0.15) is 61.9 Å². The molecule has 0 atom stereocenters. The molecule has 0 unspecified atom stereocenters. The summed E-state index contributed by atoms with van der Waals surface area (Å²) in [6.07, 6.45) is 6.92. The third-order valence-electron chi connectivity index (χ3n) is 5.87. The van der Waals surface area contributed by atoms with E-state index in [1.54, 1.807) is 11.7 Å². The summed E-state index contributed by atoms with van der Waals surface area (Å²) >= 11 is 0. The van der Waals surface area contributed by atoms with Gasteiger partial charge in [-0.15, -0.1) is 0 Å². The second kappa shape index (κ2) is 7.16. The van der Waals surface area contributed by atoms with E-state index in [2.05, 4.69) is 40.3 Å². The lowest BCUT2D eigenvalue weighted by atomic mass is 9.95. The highest BCUT2D eigenvalue weighted by Gasteiger charge is 2.30. The fraction of sp³-hybridized carbons (Fsp3) is 0.600. The average molecular weight is 340 g/mol. The van der Waals surface area contributed by atoms with Gasteiger partial charge >= 0.3 is 5.69 Å². The maximum Gasteiger partial charge on any atom is 0.345 e. The number of likely N-dealkylation sites (tertiary alicyclic amines) is 1. The first-order valence-electron chi connectivity index (χ1n) is 9.64. The minimum Gasteiger partial charge on any atom is -0.299 e. The summed E-state index contributed by atoms with van der Waals surface area (Å²) in [5.74, 6) is 1.46. The van der Waals surface area contributed by atoms with E-state index in [0.29, 0.717) is 12.0 Å². The van der Waals surface area contributed by atoms with Crippen molar-refractivity contribution in [2.24, 2.45) is 7.05 Å². The van der Waals surface area contributed by atoms with Crippen molar-refractivity contribution in [2.45, 2.75) is 57.0 Å². The van der Waals surface area contributed by atoms with Crippen molar-refractivity contribution in [2.75, 3.05) is 13.1 Å². The van der Waals surface area contributed by atoms with E-state index in [1.807, 2.05) is 4.57 Å². The Labute approximate surface area is 149 Å². The average Bonchev–Trinajstić information content (AvgIpc) is 3.25. The lowest BCUT2D eigenvalue weighted by Crippen LogP contribution is -2.34. The normalized spacial score (nSPS) is 20.4. The molecule has 2 heterocycles. The van der Waals surface area contributed by atoms with Gasteiger partial charge in [0.2, 0.25) is 0 Å². The third kappa shape index (κ3) is 3.43. The minimum atomic E-state index is 0.0774. The fourth-order valence-corrected chi connectivity index (χ4v) is 4.47. The highest BCUT2D eigenvalue weighted by atomic mass is 16.2. The third-order valence-corrected chi connectivity index (χ3v) is 5.87. The van der Waals surface area contributed by atoms with Gasteiger partial charge in [0.05, 0.1) is 0 Å². The Bertz CT molecular complexity index is 750. The number of benzene rings is 1. The molecule has 1 saturated carbocycles. The molecule has 0 radical (unpaired) electrons. The summed E-state index contributed by atoms with van der Waals surface area (Å²) in [6, 6.07) is 11.1. The van der Waals surface area contributed by atoms with Crippen LogP contribution in [0, 0.1) is 0 Å². The van der Waals surface area contributed by atoms with Crippen LogP contribution in [0.4, 0.5) is 0 Å². The zero-order chi connectivity index (χ0) is 17.2. The van der Waals surface area contributed by atoms with Crippen molar-refractivity contribution in [3.63, 3.8) is 0 Å². The SMILES string of the molecule is Cn1nc(C2CCN(Cc3ccccc3)CC2)n(C2CCCC2)c1=O. The predicted octanol–water partition coefficient (Wildman–Crippen LogP) is 3.08. The van der Waals surface area contributed by atoms with Crippen LogP contribution in [0.2, 0.25) is 0 Å². The van der Waals surface area contributed by atoms with Gasteiger partial charge in [-0.3, -0.25) is 9.47 Å². The van der Waals surface area contributed by atoms with Gasteiger partial charge in [0.15, 0.2) is 0 Å². The Kier molecular flexibility index (Phi) is 4.75. The summed E-state index contributed by atoms with van der Waals surface area (Å²) in [5, 5.41) is 4.64. The highest BCUT2D eigenvalue weighted by Crippen LogP contribution is 2.33. The number of nitrogens with zero attached hydrogens (tertiary/aromatic N) is 4. The summed E-state index contributed by atoms with van der Waals surface area (Å²) < 4.78 is 3.58. The van der Waals surface area contributed by atoms with Crippen LogP contribution in [0.3, 0.4) is 0 Å². The Morgan fingerprint density at radius 1 is 1.04 bits per heavy atom. The highest BCUT2D eigenvalue weighted by molar-refractivity contribution is 5.14. The minimum absolute atomic E-state index is 0.0774. The second-order valence-corrected chi connectivity index (χ2v) is 7.61. The molecule has 1 aliphatic carbocycles. The molecule has 25 heavy (non-hydrogen) atoms. The molecular formula is C20H28N4O. The van der Waals surface area contributed by atoms with Crippen LogP contribution in [-0.2, 0) is 13.6 Å². The van der Waals surface area contributed by atoms with Gasteiger partial charge < -0.3 is 0 Å². The molecule has 2 fully saturated rings. The fourth-order valence-electron chi connectivity index (χ4n) is 4.47. The smallest absolute Gasteiger partial charge is 0.299 e. The quantitative estimate of drug-likeness (QED) is 0.859. The molecule has 5 nitrogen and oxygen atoms in total. The molecule has 4 rings (SSSR count). The lowest BCUT2D eigenvalue weighted by Gasteiger charge is -2.32. The molecule has 134 valence electrons. The molecular weight excluding hydrogens is 312 g/mol. The Morgan fingerprint density at radius 3 is 2.40 bits per heavy atom. The van der Waals surface area contributed by atoms with E-state index in [4.69, 9.17) is 0 Å². The van der Waals surface area contributed by atoms with Crippen molar-refractivity contribution in [1.82, 2.24) is 19.2 Å². The van der Waals surface area contributed by atoms with E-state index >= 15 is 0 Å². The first kappa shape index (κ1) is 16.6. The molecule has 1 saturated heterocycles. The molecule has 1 aromatic carbocycles. The van der Waals surface area contributed by atoms with Gasteiger partial charge in [0, 0.05) is 25.6 Å². The molecule has 0 bridgehead atoms. The van der Waals surface area contributed by atoms with Crippen LogP contribution in [-0.4, -0.2) is 32.3 Å². The van der Waals surface area contributed by atoms with Crippen LogP contribution in [0.25, 0.3) is 0 Å². The molecule has 0 N–H and O–H groups in total. The van der Waals surface area contributed by atoms with Gasteiger partial charge in [0.25, 0.3) is 0 Å². The number of hydrogen-bond donors (Lipinski definition) is 0. The number of rotatable bonds is 4. The van der Waals surface area contributed by atoms with E-state index in [0.717, 1.165) is 51.1 Å². The maximum atomic E-state index is 12.6. The standard InChI is InChI=1S/C20H28N4O/c1-22-20(25)24(18-9-5-6-10-18)19(21-22)17-11-13-23(14-12-17)15-16-7-3-2-4-8-16/h2-4,7-8,17-18H,5-6,9-15H2,1H3. The van der Waals surface area contributed by atoms with Gasteiger partial charge in [-0.2, -0.15) is 5.10 Å². The predicted molar refractivity (Wildman–Crippen MR) is 98.7 cm³/mol.